The van der Waals surface area contributed by atoms with Crippen molar-refractivity contribution >= 4 is 5.57 Å². The van der Waals surface area contributed by atoms with Crippen LogP contribution in [-0.2, 0) is 6.18 Å². The molecule has 130 valence electrons. The van der Waals surface area contributed by atoms with Crippen molar-refractivity contribution in [3.8, 4) is 0 Å². The van der Waals surface area contributed by atoms with Gasteiger partial charge in [-0.3, -0.25) is 0 Å². The molecule has 2 aliphatic rings. The molecule has 1 aromatic rings. The molecule has 0 unspecified atom stereocenters. The predicted molar refractivity (Wildman–Crippen MR) is 79.4 cm³/mol. The molecule has 0 spiro atoms. The second-order valence-electron chi connectivity index (χ2n) is 6.44. The molecule has 1 fully saturated rings. The molecule has 0 bridgehead atoms. The van der Waals surface area contributed by atoms with Crippen molar-refractivity contribution in [3.63, 3.8) is 0 Å². The quantitative estimate of drug-likeness (QED) is 0.527. The van der Waals surface area contributed by atoms with Crippen molar-refractivity contribution in [2.45, 2.75) is 50.9 Å². The summed E-state index contributed by atoms with van der Waals surface area (Å²) < 4.78 is 79.4. The van der Waals surface area contributed by atoms with Gasteiger partial charge in [-0.05, 0) is 67.4 Å². The first-order chi connectivity index (χ1) is 11.1. The van der Waals surface area contributed by atoms with E-state index in [1.165, 1.54) is 13.0 Å². The van der Waals surface area contributed by atoms with Gasteiger partial charge in [0.15, 0.2) is 0 Å². The van der Waals surface area contributed by atoms with Crippen molar-refractivity contribution in [1.82, 2.24) is 0 Å². The third-order valence-electron chi connectivity index (χ3n) is 4.60. The lowest BCUT2D eigenvalue weighted by molar-refractivity contribution is -0.137. The van der Waals surface area contributed by atoms with E-state index in [2.05, 4.69) is 0 Å². The van der Waals surface area contributed by atoms with Gasteiger partial charge in [0, 0.05) is 0 Å². The van der Waals surface area contributed by atoms with Gasteiger partial charge in [-0.25, -0.2) is 0 Å². The molecule has 0 aromatic heterocycles. The van der Waals surface area contributed by atoms with Crippen molar-refractivity contribution in [2.75, 3.05) is 0 Å². The topological polar surface area (TPSA) is 0 Å². The monoisotopic (exact) mass is 346 g/mol. The van der Waals surface area contributed by atoms with Crippen molar-refractivity contribution in [1.29, 1.82) is 0 Å². The highest BCUT2D eigenvalue weighted by Gasteiger charge is 2.39. The molecule has 24 heavy (non-hydrogen) atoms. The fourth-order valence-electron chi connectivity index (χ4n) is 3.11. The summed E-state index contributed by atoms with van der Waals surface area (Å²) in [4.78, 5) is 0. The normalized spacial score (nSPS) is 19.5. The molecule has 0 aliphatic heterocycles. The fourth-order valence-corrected chi connectivity index (χ4v) is 3.11. The molecule has 0 amide bonds. The van der Waals surface area contributed by atoms with Crippen LogP contribution < -0.4 is 0 Å². The summed E-state index contributed by atoms with van der Waals surface area (Å²) >= 11 is 0. The van der Waals surface area contributed by atoms with E-state index >= 15 is 0 Å². The van der Waals surface area contributed by atoms with Crippen LogP contribution in [0.15, 0.2) is 35.4 Å². The summed E-state index contributed by atoms with van der Waals surface area (Å²) in [5, 5.41) is 0. The van der Waals surface area contributed by atoms with Crippen LogP contribution in [0.2, 0.25) is 0 Å². The van der Waals surface area contributed by atoms with Gasteiger partial charge >= 0.3 is 12.4 Å². The number of hydrogen-bond donors (Lipinski definition) is 0. The van der Waals surface area contributed by atoms with Gasteiger partial charge in [-0.15, -0.1) is 0 Å². The summed E-state index contributed by atoms with van der Waals surface area (Å²) in [6, 6.07) is 4.05. The van der Waals surface area contributed by atoms with Crippen LogP contribution >= 0.6 is 0 Å². The Kier molecular flexibility index (Phi) is 4.04. The first-order valence-corrected chi connectivity index (χ1v) is 7.76. The number of allylic oxidation sites excluding steroid dienone is 4. The van der Waals surface area contributed by atoms with Gasteiger partial charge in [0.1, 0.15) is 0 Å². The highest BCUT2D eigenvalue weighted by molar-refractivity contribution is 5.73. The standard InChI is InChI=1S/C18H16F6/c1-10-2-3-13(9-15(10)17(19,20)21)14-7-6-12(11-4-5-11)8-16(14)18(22,23)24/h6-9,11H,2-5H2,1H3. The Labute approximate surface area is 135 Å². The van der Waals surface area contributed by atoms with E-state index in [0.717, 1.165) is 25.0 Å². The van der Waals surface area contributed by atoms with Crippen LogP contribution in [0.25, 0.3) is 5.57 Å². The maximum Gasteiger partial charge on any atom is 0.417 e. The molecule has 0 radical (unpaired) electrons. The largest absolute Gasteiger partial charge is 0.417 e. The lowest BCUT2D eigenvalue weighted by Crippen LogP contribution is -2.16. The van der Waals surface area contributed by atoms with Crippen LogP contribution in [0.1, 0.15) is 55.2 Å². The highest BCUT2D eigenvalue weighted by atomic mass is 19.4. The van der Waals surface area contributed by atoms with Gasteiger partial charge in [0.05, 0.1) is 11.1 Å². The summed E-state index contributed by atoms with van der Waals surface area (Å²) in [5.74, 6) is 0.147. The Hall–Kier alpha value is -1.72. The van der Waals surface area contributed by atoms with Crippen LogP contribution in [-0.4, -0.2) is 6.18 Å². The molecular weight excluding hydrogens is 330 g/mol. The third-order valence-corrected chi connectivity index (χ3v) is 4.60. The molecule has 0 saturated heterocycles. The van der Waals surface area contributed by atoms with E-state index in [1.54, 1.807) is 6.07 Å². The van der Waals surface area contributed by atoms with Crippen molar-refractivity contribution in [2.24, 2.45) is 0 Å². The molecular formula is C18H16F6. The van der Waals surface area contributed by atoms with E-state index in [4.69, 9.17) is 0 Å². The minimum atomic E-state index is -4.59. The summed E-state index contributed by atoms with van der Waals surface area (Å²) in [6.45, 7) is 1.37. The SMILES string of the molecule is CC1=C(C(F)(F)F)C=C(c2ccc(C3CC3)cc2C(F)(F)F)CC1. The van der Waals surface area contributed by atoms with Gasteiger partial charge in [0.25, 0.3) is 0 Å². The maximum atomic E-state index is 13.4. The predicted octanol–water partition coefficient (Wildman–Crippen LogP) is 6.64. The van der Waals surface area contributed by atoms with Crippen LogP contribution in [0, 0.1) is 0 Å². The Balaban J connectivity index is 2.09. The van der Waals surface area contributed by atoms with E-state index < -0.39 is 23.5 Å². The molecule has 1 aromatic carbocycles. The van der Waals surface area contributed by atoms with Crippen LogP contribution in [0.5, 0.6) is 0 Å². The molecule has 0 atom stereocenters. The summed E-state index contributed by atoms with van der Waals surface area (Å²) in [7, 11) is 0. The number of halogens is 6. The lowest BCUT2D eigenvalue weighted by Gasteiger charge is -2.23. The van der Waals surface area contributed by atoms with Crippen molar-refractivity contribution < 1.29 is 26.3 Å². The molecule has 0 nitrogen and oxygen atoms in total. The second-order valence-corrected chi connectivity index (χ2v) is 6.44. The first-order valence-electron chi connectivity index (χ1n) is 7.76. The Morgan fingerprint density at radius 2 is 1.58 bits per heavy atom. The average Bonchev–Trinajstić information content (AvgIpc) is 3.30. The number of rotatable bonds is 2. The lowest BCUT2D eigenvalue weighted by atomic mass is 9.86. The van der Waals surface area contributed by atoms with Crippen LogP contribution in [0.4, 0.5) is 26.3 Å². The molecule has 6 heteroatoms. The third kappa shape index (κ3) is 3.37. The molecule has 0 heterocycles. The average molecular weight is 346 g/mol. The number of hydrogen-bond acceptors (Lipinski definition) is 0. The zero-order valence-corrected chi connectivity index (χ0v) is 13.0. The molecule has 0 N–H and O–H groups in total. The van der Waals surface area contributed by atoms with E-state index in [1.807, 2.05) is 0 Å². The molecule has 3 rings (SSSR count). The Morgan fingerprint density at radius 3 is 2.12 bits per heavy atom. The second kappa shape index (κ2) is 5.67. The van der Waals surface area contributed by atoms with E-state index in [9.17, 15) is 26.3 Å². The minimum Gasteiger partial charge on any atom is -0.166 e. The minimum absolute atomic E-state index is 0.0996. The summed E-state index contributed by atoms with van der Waals surface area (Å²) in [6.07, 6.45) is -6.25. The Morgan fingerprint density at radius 1 is 0.917 bits per heavy atom. The van der Waals surface area contributed by atoms with Gasteiger partial charge in [0.2, 0.25) is 0 Å². The maximum absolute atomic E-state index is 13.4. The van der Waals surface area contributed by atoms with Crippen LogP contribution in [0.3, 0.4) is 0 Å². The van der Waals surface area contributed by atoms with Gasteiger partial charge in [-0.1, -0.05) is 17.7 Å². The smallest absolute Gasteiger partial charge is 0.166 e. The Bertz CT molecular complexity index is 714. The number of alkyl halides is 6. The molecule has 1 saturated carbocycles. The zero-order chi connectivity index (χ0) is 17.7. The zero-order valence-electron chi connectivity index (χ0n) is 13.0. The van der Waals surface area contributed by atoms with Gasteiger partial charge < -0.3 is 0 Å². The fraction of sp³-hybridized carbons (Fsp3) is 0.444. The highest BCUT2D eigenvalue weighted by Crippen LogP contribution is 2.46. The van der Waals surface area contributed by atoms with Gasteiger partial charge in [-0.2, -0.15) is 26.3 Å². The van der Waals surface area contributed by atoms with E-state index in [-0.39, 0.29) is 35.5 Å². The summed E-state index contributed by atoms with van der Waals surface area (Å²) in [5.41, 5.74) is -0.925. The van der Waals surface area contributed by atoms with Crippen molar-refractivity contribution in [3.05, 3.63) is 52.1 Å². The molecule has 2 aliphatic carbocycles. The van der Waals surface area contributed by atoms with E-state index in [0.29, 0.717) is 5.56 Å². The first kappa shape index (κ1) is 17.1. The number of benzene rings is 1.